The quantitative estimate of drug-likeness (QED) is 0.392. The summed E-state index contributed by atoms with van der Waals surface area (Å²) in [6.45, 7) is 0.166. The Morgan fingerprint density at radius 1 is 1.10 bits per heavy atom. The lowest BCUT2D eigenvalue weighted by atomic mass is 10.3. The summed E-state index contributed by atoms with van der Waals surface area (Å²) in [6.07, 6.45) is 0.889. The van der Waals surface area contributed by atoms with Crippen molar-refractivity contribution in [3.8, 4) is 5.75 Å². The fraction of sp³-hybridized carbons (Fsp3) is 0.190. The van der Waals surface area contributed by atoms with Crippen LogP contribution in [0.1, 0.15) is 17.1 Å². The molecule has 2 aromatic carbocycles. The molecule has 8 heteroatoms. The molecular weight excluding hydrogens is 406 g/mol. The van der Waals surface area contributed by atoms with Crippen molar-refractivity contribution in [1.82, 2.24) is 9.97 Å². The van der Waals surface area contributed by atoms with Gasteiger partial charge in [-0.05, 0) is 36.4 Å². The van der Waals surface area contributed by atoms with E-state index in [1.807, 2.05) is 53.9 Å². The molecule has 1 N–H and O–H groups in total. The molecule has 0 radical (unpaired) electrons. The number of fused-ring (bicyclic) bond motifs is 1. The van der Waals surface area contributed by atoms with E-state index in [4.69, 9.17) is 9.47 Å². The second-order valence-electron chi connectivity index (χ2n) is 6.23. The summed E-state index contributed by atoms with van der Waals surface area (Å²) in [5, 5.41) is 6.80. The molecule has 4 rings (SSSR count). The molecule has 0 saturated carbocycles. The predicted molar refractivity (Wildman–Crippen MR) is 116 cm³/mol. The van der Waals surface area contributed by atoms with E-state index in [9.17, 15) is 4.79 Å². The van der Waals surface area contributed by atoms with Gasteiger partial charge in [-0.2, -0.15) is 0 Å². The highest BCUT2D eigenvalue weighted by Gasteiger charge is 2.10. The molecule has 0 atom stereocenters. The number of esters is 1. The zero-order chi connectivity index (χ0) is 20.1. The first kappa shape index (κ1) is 19.4. The number of rotatable bonds is 8. The Hall–Kier alpha value is -2.97. The third-order valence-electron chi connectivity index (χ3n) is 4.16. The number of para-hydroxylation sites is 1. The Morgan fingerprint density at radius 2 is 1.93 bits per heavy atom. The average Bonchev–Trinajstić information content (AvgIpc) is 3.37. The highest BCUT2D eigenvalue weighted by atomic mass is 32.1. The molecule has 0 amide bonds. The zero-order valence-electron chi connectivity index (χ0n) is 15.8. The van der Waals surface area contributed by atoms with Crippen LogP contribution in [0, 0.1) is 0 Å². The van der Waals surface area contributed by atoms with Crippen molar-refractivity contribution in [2.24, 2.45) is 0 Å². The van der Waals surface area contributed by atoms with Gasteiger partial charge in [0.2, 0.25) is 0 Å². The Morgan fingerprint density at radius 3 is 2.72 bits per heavy atom. The number of carbonyl (C=O) groups is 1. The number of hydrogen-bond donors (Lipinski definition) is 1. The molecule has 6 nitrogen and oxygen atoms in total. The number of benzene rings is 2. The number of carbonyl (C=O) groups excluding carboxylic acids is 1. The molecule has 0 bridgehead atoms. The van der Waals surface area contributed by atoms with E-state index < -0.39 is 0 Å². The molecule has 0 fully saturated rings. The van der Waals surface area contributed by atoms with Crippen molar-refractivity contribution in [3.63, 3.8) is 0 Å². The van der Waals surface area contributed by atoms with Crippen molar-refractivity contribution in [3.05, 3.63) is 64.6 Å². The van der Waals surface area contributed by atoms with Gasteiger partial charge in [0, 0.05) is 17.5 Å². The molecule has 0 saturated heterocycles. The number of aromatic nitrogens is 2. The second-order valence-corrected chi connectivity index (χ2v) is 8.21. The Kier molecular flexibility index (Phi) is 6.02. The van der Waals surface area contributed by atoms with Crippen LogP contribution in [0.4, 0.5) is 10.8 Å². The molecule has 4 aromatic rings. The Balaban J connectivity index is 1.24. The fourth-order valence-corrected chi connectivity index (χ4v) is 4.37. The molecule has 2 aromatic heterocycles. The number of methoxy groups -OCH3 is 1. The Bertz CT molecular complexity index is 1070. The SMILES string of the molecule is COc1ccc(Nc2nc(COC(=O)CCc3nc4ccccc4s3)cs2)cc1. The molecule has 0 aliphatic carbocycles. The molecule has 0 unspecified atom stereocenters. The summed E-state index contributed by atoms with van der Waals surface area (Å²) in [6, 6.07) is 15.6. The Labute approximate surface area is 176 Å². The first-order chi connectivity index (χ1) is 14.2. The number of nitrogens with zero attached hydrogens (tertiary/aromatic N) is 2. The van der Waals surface area contributed by atoms with Gasteiger partial charge < -0.3 is 14.8 Å². The normalized spacial score (nSPS) is 10.8. The van der Waals surface area contributed by atoms with Gasteiger partial charge in [0.15, 0.2) is 5.13 Å². The van der Waals surface area contributed by atoms with Crippen LogP contribution < -0.4 is 10.1 Å². The summed E-state index contributed by atoms with van der Waals surface area (Å²) < 4.78 is 11.6. The van der Waals surface area contributed by atoms with E-state index in [1.165, 1.54) is 11.3 Å². The third kappa shape index (κ3) is 5.10. The van der Waals surface area contributed by atoms with Gasteiger partial charge in [0.25, 0.3) is 0 Å². The first-order valence-electron chi connectivity index (χ1n) is 9.05. The second kappa shape index (κ2) is 9.02. The summed E-state index contributed by atoms with van der Waals surface area (Å²) in [4.78, 5) is 21.1. The number of anilines is 2. The summed E-state index contributed by atoms with van der Waals surface area (Å²) in [5.74, 6) is 0.551. The molecule has 2 heterocycles. The van der Waals surface area contributed by atoms with Crippen LogP contribution in [0.2, 0.25) is 0 Å². The zero-order valence-corrected chi connectivity index (χ0v) is 17.4. The number of aryl methyl sites for hydroxylation is 1. The number of nitrogens with one attached hydrogen (secondary N) is 1. The maximum absolute atomic E-state index is 12.1. The minimum absolute atomic E-state index is 0.166. The maximum atomic E-state index is 12.1. The van der Waals surface area contributed by atoms with Crippen molar-refractivity contribution in [2.45, 2.75) is 19.4 Å². The standard InChI is InChI=1S/C21H19N3O3S2/c1-26-16-8-6-14(7-9-16)22-21-23-15(13-28-21)12-27-20(25)11-10-19-24-17-4-2-3-5-18(17)29-19/h2-9,13H,10-12H2,1H3,(H,22,23). The van der Waals surface area contributed by atoms with Crippen molar-refractivity contribution < 1.29 is 14.3 Å². The molecule has 148 valence electrons. The van der Waals surface area contributed by atoms with Gasteiger partial charge in [-0.3, -0.25) is 4.79 Å². The first-order valence-corrected chi connectivity index (χ1v) is 10.7. The summed E-state index contributed by atoms with van der Waals surface area (Å²) in [7, 11) is 1.63. The summed E-state index contributed by atoms with van der Waals surface area (Å²) in [5.41, 5.74) is 2.61. The van der Waals surface area contributed by atoms with Gasteiger partial charge in [-0.1, -0.05) is 12.1 Å². The van der Waals surface area contributed by atoms with Gasteiger partial charge in [-0.15, -0.1) is 22.7 Å². The van der Waals surface area contributed by atoms with Crippen LogP contribution in [-0.2, 0) is 22.6 Å². The average molecular weight is 426 g/mol. The lowest BCUT2D eigenvalue weighted by molar-refractivity contribution is -0.145. The van der Waals surface area contributed by atoms with E-state index in [2.05, 4.69) is 15.3 Å². The minimum atomic E-state index is -0.248. The van der Waals surface area contributed by atoms with Crippen LogP contribution >= 0.6 is 22.7 Å². The third-order valence-corrected chi connectivity index (χ3v) is 6.06. The summed E-state index contributed by atoms with van der Waals surface area (Å²) >= 11 is 3.08. The molecule has 0 aliphatic heterocycles. The molecule has 0 aliphatic rings. The van der Waals surface area contributed by atoms with Crippen LogP contribution in [0.25, 0.3) is 10.2 Å². The van der Waals surface area contributed by atoms with Crippen LogP contribution in [-0.4, -0.2) is 23.0 Å². The highest BCUT2D eigenvalue weighted by Crippen LogP contribution is 2.24. The molecular formula is C21H19N3O3S2. The van der Waals surface area contributed by atoms with Crippen LogP contribution in [0.5, 0.6) is 5.75 Å². The van der Waals surface area contributed by atoms with Crippen molar-refractivity contribution >= 4 is 49.7 Å². The maximum Gasteiger partial charge on any atom is 0.306 e. The lowest BCUT2D eigenvalue weighted by Crippen LogP contribution is -2.06. The van der Waals surface area contributed by atoms with Gasteiger partial charge in [0.05, 0.1) is 34.4 Å². The van der Waals surface area contributed by atoms with E-state index in [0.29, 0.717) is 12.8 Å². The largest absolute Gasteiger partial charge is 0.497 e. The van der Waals surface area contributed by atoms with Gasteiger partial charge >= 0.3 is 5.97 Å². The fourth-order valence-electron chi connectivity index (χ4n) is 2.69. The topological polar surface area (TPSA) is 73.3 Å². The minimum Gasteiger partial charge on any atom is -0.497 e. The van der Waals surface area contributed by atoms with Crippen LogP contribution in [0.3, 0.4) is 0 Å². The molecule has 0 spiro atoms. The van der Waals surface area contributed by atoms with Gasteiger partial charge in [0.1, 0.15) is 12.4 Å². The van der Waals surface area contributed by atoms with Crippen molar-refractivity contribution in [2.75, 3.05) is 12.4 Å². The monoisotopic (exact) mass is 425 g/mol. The van der Waals surface area contributed by atoms with E-state index in [-0.39, 0.29) is 12.6 Å². The predicted octanol–water partition coefficient (Wildman–Crippen LogP) is 5.18. The van der Waals surface area contributed by atoms with Crippen LogP contribution in [0.15, 0.2) is 53.9 Å². The smallest absolute Gasteiger partial charge is 0.306 e. The number of thiazole rings is 2. The van der Waals surface area contributed by atoms with Gasteiger partial charge in [-0.25, -0.2) is 9.97 Å². The molecule has 29 heavy (non-hydrogen) atoms. The van der Waals surface area contributed by atoms with Crippen molar-refractivity contribution in [1.29, 1.82) is 0 Å². The van der Waals surface area contributed by atoms with E-state index >= 15 is 0 Å². The van der Waals surface area contributed by atoms with E-state index in [1.54, 1.807) is 18.4 Å². The highest BCUT2D eigenvalue weighted by molar-refractivity contribution is 7.18. The van der Waals surface area contributed by atoms with E-state index in [0.717, 1.165) is 37.5 Å². The number of hydrogen-bond acceptors (Lipinski definition) is 8. The lowest BCUT2D eigenvalue weighted by Gasteiger charge is -2.04. The number of ether oxygens (including phenoxy) is 2.